The van der Waals surface area contributed by atoms with Crippen molar-refractivity contribution in [3.63, 3.8) is 0 Å². The standard InChI is InChI=1S/C10H14N2O2S/c1-4-8(10(13)14)15-9-5-6(2)11-7(3)12-9/h5,8H,4H2,1-3H3,(H,13,14). The molecule has 1 aromatic rings. The summed E-state index contributed by atoms with van der Waals surface area (Å²) < 4.78 is 0. The lowest BCUT2D eigenvalue weighted by Crippen LogP contribution is -2.15. The first kappa shape index (κ1) is 12.0. The van der Waals surface area contributed by atoms with E-state index in [1.54, 1.807) is 6.92 Å². The molecule has 82 valence electrons. The summed E-state index contributed by atoms with van der Waals surface area (Å²) in [6.07, 6.45) is 0.585. The van der Waals surface area contributed by atoms with E-state index >= 15 is 0 Å². The van der Waals surface area contributed by atoms with Crippen LogP contribution in [0.15, 0.2) is 11.1 Å². The Morgan fingerprint density at radius 1 is 1.53 bits per heavy atom. The van der Waals surface area contributed by atoms with E-state index in [2.05, 4.69) is 9.97 Å². The number of carboxylic acid groups (broad SMARTS) is 1. The van der Waals surface area contributed by atoms with E-state index in [0.717, 1.165) is 10.7 Å². The molecule has 0 spiro atoms. The first-order chi connectivity index (χ1) is 7.02. The molecule has 0 amide bonds. The molecule has 4 nitrogen and oxygen atoms in total. The van der Waals surface area contributed by atoms with E-state index in [1.165, 1.54) is 11.8 Å². The fourth-order valence-corrected chi connectivity index (χ4v) is 2.18. The molecule has 0 saturated heterocycles. The number of rotatable bonds is 4. The maximum absolute atomic E-state index is 10.8. The fraction of sp³-hybridized carbons (Fsp3) is 0.500. The summed E-state index contributed by atoms with van der Waals surface area (Å²) in [4.78, 5) is 19.2. The maximum atomic E-state index is 10.8. The predicted molar refractivity (Wildman–Crippen MR) is 59.1 cm³/mol. The van der Waals surface area contributed by atoms with Crippen molar-refractivity contribution < 1.29 is 9.90 Å². The van der Waals surface area contributed by atoms with Crippen LogP contribution in [0.3, 0.4) is 0 Å². The van der Waals surface area contributed by atoms with Crippen LogP contribution in [0, 0.1) is 13.8 Å². The average Bonchev–Trinajstić information content (AvgIpc) is 2.12. The van der Waals surface area contributed by atoms with E-state index in [9.17, 15) is 4.79 Å². The Kier molecular flexibility index (Phi) is 4.08. The van der Waals surface area contributed by atoms with Crippen LogP contribution in [-0.2, 0) is 4.79 Å². The van der Waals surface area contributed by atoms with Gasteiger partial charge in [0.1, 0.15) is 16.1 Å². The molecule has 0 radical (unpaired) electrons. The van der Waals surface area contributed by atoms with Crippen molar-refractivity contribution in [1.82, 2.24) is 9.97 Å². The Balaban J connectivity index is 2.83. The van der Waals surface area contributed by atoms with Crippen LogP contribution in [0.5, 0.6) is 0 Å². The number of thioether (sulfide) groups is 1. The van der Waals surface area contributed by atoms with Gasteiger partial charge in [0.05, 0.1) is 0 Å². The summed E-state index contributed by atoms with van der Waals surface area (Å²) >= 11 is 1.27. The molecule has 0 aliphatic heterocycles. The Bertz CT molecular complexity index is 348. The number of hydrogen-bond donors (Lipinski definition) is 1. The summed E-state index contributed by atoms with van der Waals surface area (Å²) in [5.41, 5.74) is 0.866. The molecule has 15 heavy (non-hydrogen) atoms. The molecule has 0 aliphatic carbocycles. The van der Waals surface area contributed by atoms with Gasteiger partial charge in [-0.15, -0.1) is 0 Å². The molecule has 0 aliphatic rings. The Morgan fingerprint density at radius 3 is 2.67 bits per heavy atom. The van der Waals surface area contributed by atoms with Gasteiger partial charge in [0.2, 0.25) is 0 Å². The topological polar surface area (TPSA) is 63.1 Å². The highest BCUT2D eigenvalue weighted by molar-refractivity contribution is 8.00. The van der Waals surface area contributed by atoms with Crippen molar-refractivity contribution in [3.05, 3.63) is 17.6 Å². The van der Waals surface area contributed by atoms with E-state index < -0.39 is 11.2 Å². The molecule has 5 heteroatoms. The second-order valence-electron chi connectivity index (χ2n) is 3.25. The number of hydrogen-bond acceptors (Lipinski definition) is 4. The van der Waals surface area contributed by atoms with Gasteiger partial charge in [-0.3, -0.25) is 4.79 Å². The highest BCUT2D eigenvalue weighted by Crippen LogP contribution is 2.24. The second kappa shape index (κ2) is 5.11. The zero-order chi connectivity index (χ0) is 11.4. The normalized spacial score (nSPS) is 12.5. The van der Waals surface area contributed by atoms with Gasteiger partial charge in [0, 0.05) is 5.69 Å². The number of carbonyl (C=O) groups is 1. The molecule has 0 bridgehead atoms. The Labute approximate surface area is 93.1 Å². The first-order valence-electron chi connectivity index (χ1n) is 4.74. The van der Waals surface area contributed by atoms with E-state index in [0.29, 0.717) is 12.2 Å². The molecule has 1 aromatic heterocycles. The number of carboxylic acids is 1. The van der Waals surface area contributed by atoms with Crippen LogP contribution >= 0.6 is 11.8 Å². The zero-order valence-electron chi connectivity index (χ0n) is 9.02. The second-order valence-corrected chi connectivity index (χ2v) is 4.47. The van der Waals surface area contributed by atoms with Crippen LogP contribution in [0.1, 0.15) is 24.9 Å². The lowest BCUT2D eigenvalue weighted by Gasteiger charge is -2.09. The minimum absolute atomic E-state index is 0.432. The minimum atomic E-state index is -0.795. The summed E-state index contributed by atoms with van der Waals surface area (Å²) in [6.45, 7) is 5.53. The van der Waals surface area contributed by atoms with Crippen LogP contribution in [0.25, 0.3) is 0 Å². The molecule has 1 N–H and O–H groups in total. The van der Waals surface area contributed by atoms with Gasteiger partial charge in [-0.05, 0) is 26.3 Å². The van der Waals surface area contributed by atoms with E-state index in [1.807, 2.05) is 19.9 Å². The third-order valence-electron chi connectivity index (χ3n) is 1.85. The fourth-order valence-electron chi connectivity index (χ4n) is 1.20. The van der Waals surface area contributed by atoms with Gasteiger partial charge in [0.15, 0.2) is 0 Å². The molecule has 0 fully saturated rings. The van der Waals surface area contributed by atoms with Gasteiger partial charge >= 0.3 is 5.97 Å². The highest BCUT2D eigenvalue weighted by Gasteiger charge is 2.17. The SMILES string of the molecule is CCC(Sc1cc(C)nc(C)n1)C(=O)O. The smallest absolute Gasteiger partial charge is 0.317 e. The van der Waals surface area contributed by atoms with Gasteiger partial charge in [0.25, 0.3) is 0 Å². The van der Waals surface area contributed by atoms with Crippen LogP contribution < -0.4 is 0 Å². The highest BCUT2D eigenvalue weighted by atomic mass is 32.2. The van der Waals surface area contributed by atoms with Crippen molar-refractivity contribution in [1.29, 1.82) is 0 Å². The van der Waals surface area contributed by atoms with Crippen molar-refractivity contribution in [3.8, 4) is 0 Å². The summed E-state index contributed by atoms with van der Waals surface area (Å²) in [5.74, 6) is -0.117. The third-order valence-corrected chi connectivity index (χ3v) is 3.12. The summed E-state index contributed by atoms with van der Waals surface area (Å²) in [7, 11) is 0. The van der Waals surface area contributed by atoms with Crippen LogP contribution in [-0.4, -0.2) is 26.3 Å². The van der Waals surface area contributed by atoms with E-state index in [-0.39, 0.29) is 0 Å². The maximum Gasteiger partial charge on any atom is 0.317 e. The summed E-state index contributed by atoms with van der Waals surface area (Å²) in [6, 6.07) is 1.81. The monoisotopic (exact) mass is 226 g/mol. The van der Waals surface area contributed by atoms with E-state index in [4.69, 9.17) is 5.11 Å². The number of aliphatic carboxylic acids is 1. The van der Waals surface area contributed by atoms with Gasteiger partial charge in [-0.25, -0.2) is 9.97 Å². The van der Waals surface area contributed by atoms with Gasteiger partial charge in [-0.2, -0.15) is 0 Å². The Hall–Kier alpha value is -1.10. The average molecular weight is 226 g/mol. The van der Waals surface area contributed by atoms with Crippen LogP contribution in [0.4, 0.5) is 0 Å². The molecule has 1 heterocycles. The first-order valence-corrected chi connectivity index (χ1v) is 5.62. The molecule has 1 unspecified atom stereocenters. The lowest BCUT2D eigenvalue weighted by atomic mass is 10.3. The molecule has 1 rings (SSSR count). The van der Waals surface area contributed by atoms with Crippen molar-refractivity contribution in [2.75, 3.05) is 0 Å². The lowest BCUT2D eigenvalue weighted by molar-refractivity contribution is -0.136. The molecular weight excluding hydrogens is 212 g/mol. The zero-order valence-corrected chi connectivity index (χ0v) is 9.84. The number of aromatic nitrogens is 2. The number of nitrogens with zero attached hydrogens (tertiary/aromatic N) is 2. The third kappa shape index (κ3) is 3.51. The molecule has 0 saturated carbocycles. The predicted octanol–water partition coefficient (Wildman–Crippen LogP) is 2.05. The van der Waals surface area contributed by atoms with Gasteiger partial charge < -0.3 is 5.11 Å². The van der Waals surface area contributed by atoms with Crippen LogP contribution in [0.2, 0.25) is 0 Å². The van der Waals surface area contributed by atoms with Crippen molar-refractivity contribution in [2.45, 2.75) is 37.5 Å². The van der Waals surface area contributed by atoms with Gasteiger partial charge in [-0.1, -0.05) is 18.7 Å². The Morgan fingerprint density at radius 2 is 2.20 bits per heavy atom. The van der Waals surface area contributed by atoms with Crippen molar-refractivity contribution in [2.24, 2.45) is 0 Å². The summed E-state index contributed by atoms with van der Waals surface area (Å²) in [5, 5.41) is 9.21. The number of aryl methyl sites for hydroxylation is 2. The largest absolute Gasteiger partial charge is 0.480 e. The molecule has 0 aromatic carbocycles. The minimum Gasteiger partial charge on any atom is -0.480 e. The molecule has 1 atom stereocenters. The molecular formula is C10H14N2O2S. The quantitative estimate of drug-likeness (QED) is 0.629. The van der Waals surface area contributed by atoms with Crippen molar-refractivity contribution >= 4 is 17.7 Å².